The third kappa shape index (κ3) is 4.20. The summed E-state index contributed by atoms with van der Waals surface area (Å²) in [5.41, 5.74) is 7.49. The summed E-state index contributed by atoms with van der Waals surface area (Å²) < 4.78 is 16.3. The topological polar surface area (TPSA) is 53.7 Å². The van der Waals surface area contributed by atoms with Crippen LogP contribution in [-0.2, 0) is 0 Å². The minimum atomic E-state index is 0.376. The van der Waals surface area contributed by atoms with Gasteiger partial charge in [0.25, 0.3) is 0 Å². The third-order valence-corrected chi connectivity index (χ3v) is 3.21. The normalized spacial score (nSPS) is 10.2. The van der Waals surface area contributed by atoms with Gasteiger partial charge >= 0.3 is 0 Å². The first-order valence-corrected chi connectivity index (χ1v) is 6.93. The molecule has 0 fully saturated rings. The predicted molar refractivity (Wildman–Crippen MR) is 84.6 cm³/mol. The Kier molecular flexibility index (Phi) is 5.17. The van der Waals surface area contributed by atoms with Crippen LogP contribution in [0.4, 0.5) is 5.69 Å². The van der Waals surface area contributed by atoms with Gasteiger partial charge in [-0.1, -0.05) is 17.7 Å². The second-order valence-corrected chi connectivity index (χ2v) is 4.94. The Morgan fingerprint density at radius 3 is 2.38 bits per heavy atom. The van der Waals surface area contributed by atoms with Crippen molar-refractivity contribution in [3.63, 3.8) is 0 Å². The molecule has 0 heterocycles. The van der Waals surface area contributed by atoms with Crippen molar-refractivity contribution in [3.8, 4) is 17.2 Å². The van der Waals surface area contributed by atoms with Gasteiger partial charge in [-0.25, -0.2) is 0 Å². The van der Waals surface area contributed by atoms with Gasteiger partial charge in [0, 0.05) is 6.07 Å². The van der Waals surface area contributed by atoms with E-state index >= 15 is 0 Å². The van der Waals surface area contributed by atoms with Gasteiger partial charge in [-0.3, -0.25) is 0 Å². The van der Waals surface area contributed by atoms with E-state index in [-0.39, 0.29) is 0 Å². The maximum absolute atomic E-state index is 6.05. The van der Waals surface area contributed by atoms with Crippen LogP contribution < -0.4 is 19.9 Å². The molecule has 2 aromatic rings. The van der Waals surface area contributed by atoms with Gasteiger partial charge in [-0.2, -0.15) is 0 Å². The van der Waals surface area contributed by atoms with E-state index in [9.17, 15) is 0 Å². The van der Waals surface area contributed by atoms with E-state index in [4.69, 9.17) is 31.5 Å². The lowest BCUT2D eigenvalue weighted by molar-refractivity contribution is 0.218. The van der Waals surface area contributed by atoms with Crippen molar-refractivity contribution in [3.05, 3.63) is 47.0 Å². The van der Waals surface area contributed by atoms with E-state index < -0.39 is 0 Å². The van der Waals surface area contributed by atoms with E-state index in [1.54, 1.807) is 25.3 Å². The maximum Gasteiger partial charge on any atom is 0.142 e. The van der Waals surface area contributed by atoms with Crippen LogP contribution in [0.2, 0.25) is 5.02 Å². The third-order valence-electron chi connectivity index (χ3n) is 2.90. The number of benzene rings is 2. The molecular formula is C16H18ClNO3. The summed E-state index contributed by atoms with van der Waals surface area (Å²) in [5, 5.41) is 0.588. The van der Waals surface area contributed by atoms with Crippen molar-refractivity contribution < 1.29 is 14.2 Å². The molecule has 2 aromatic carbocycles. The Hall–Kier alpha value is -2.07. The number of methoxy groups -OCH3 is 1. The summed E-state index contributed by atoms with van der Waals surface area (Å²) in [6.45, 7) is 2.74. The fourth-order valence-corrected chi connectivity index (χ4v) is 1.98. The molecular weight excluding hydrogens is 290 g/mol. The zero-order chi connectivity index (χ0) is 15.2. The zero-order valence-corrected chi connectivity index (χ0v) is 12.8. The minimum Gasteiger partial charge on any atom is -0.497 e. The number of nitrogen functional groups attached to an aromatic ring is 1. The van der Waals surface area contributed by atoms with Gasteiger partial charge < -0.3 is 19.9 Å². The molecule has 0 saturated heterocycles. The van der Waals surface area contributed by atoms with E-state index in [1.807, 2.05) is 25.1 Å². The maximum atomic E-state index is 6.05. The highest BCUT2D eigenvalue weighted by molar-refractivity contribution is 6.32. The summed E-state index contributed by atoms with van der Waals surface area (Å²) in [7, 11) is 1.59. The monoisotopic (exact) mass is 307 g/mol. The quantitative estimate of drug-likeness (QED) is 0.653. The first kappa shape index (κ1) is 15.3. The zero-order valence-electron chi connectivity index (χ0n) is 12.1. The van der Waals surface area contributed by atoms with Crippen LogP contribution in [0, 0.1) is 6.92 Å². The van der Waals surface area contributed by atoms with Crippen LogP contribution in [-0.4, -0.2) is 20.3 Å². The first-order chi connectivity index (χ1) is 10.1. The molecule has 0 atom stereocenters. The lowest BCUT2D eigenvalue weighted by Gasteiger charge is -2.12. The number of ether oxygens (including phenoxy) is 3. The van der Waals surface area contributed by atoms with Crippen LogP contribution >= 0.6 is 11.6 Å². The van der Waals surface area contributed by atoms with E-state index in [2.05, 4.69) is 0 Å². The number of aryl methyl sites for hydroxylation is 1. The smallest absolute Gasteiger partial charge is 0.142 e. The molecule has 0 bridgehead atoms. The van der Waals surface area contributed by atoms with Crippen molar-refractivity contribution in [2.75, 3.05) is 26.1 Å². The summed E-state index contributed by atoms with van der Waals surface area (Å²) in [4.78, 5) is 0. The van der Waals surface area contributed by atoms with Crippen LogP contribution in [0.25, 0.3) is 0 Å². The number of rotatable bonds is 6. The molecule has 0 amide bonds. The molecule has 0 saturated carbocycles. The van der Waals surface area contributed by atoms with Crippen LogP contribution in [0.3, 0.4) is 0 Å². The van der Waals surface area contributed by atoms with Crippen LogP contribution in [0.5, 0.6) is 17.2 Å². The number of hydrogen-bond donors (Lipinski definition) is 1. The van der Waals surface area contributed by atoms with E-state index in [0.29, 0.717) is 41.2 Å². The molecule has 112 valence electrons. The Bertz CT molecular complexity index is 616. The largest absolute Gasteiger partial charge is 0.497 e. The summed E-state index contributed by atoms with van der Waals surface area (Å²) in [6, 6.07) is 10.9. The van der Waals surface area contributed by atoms with Crippen molar-refractivity contribution in [1.29, 1.82) is 0 Å². The van der Waals surface area contributed by atoms with Gasteiger partial charge in [0.15, 0.2) is 0 Å². The average molecular weight is 308 g/mol. The van der Waals surface area contributed by atoms with Crippen molar-refractivity contribution >= 4 is 17.3 Å². The molecule has 0 spiro atoms. The van der Waals surface area contributed by atoms with Gasteiger partial charge in [-0.05, 0) is 36.8 Å². The highest BCUT2D eigenvalue weighted by Gasteiger charge is 2.04. The van der Waals surface area contributed by atoms with Crippen molar-refractivity contribution in [2.24, 2.45) is 0 Å². The average Bonchev–Trinajstić information content (AvgIpc) is 2.48. The minimum absolute atomic E-state index is 0.376. The molecule has 0 aromatic heterocycles. The highest BCUT2D eigenvalue weighted by atomic mass is 35.5. The second-order valence-electron chi connectivity index (χ2n) is 4.53. The lowest BCUT2D eigenvalue weighted by Crippen LogP contribution is -2.10. The number of halogens is 1. The molecule has 0 aliphatic rings. The van der Waals surface area contributed by atoms with Gasteiger partial charge in [0.2, 0.25) is 0 Å². The van der Waals surface area contributed by atoms with Gasteiger partial charge in [0.05, 0.1) is 17.8 Å². The Morgan fingerprint density at radius 2 is 1.71 bits per heavy atom. The summed E-state index contributed by atoms with van der Waals surface area (Å²) in [6.07, 6.45) is 0. The van der Waals surface area contributed by atoms with Crippen LogP contribution in [0.15, 0.2) is 36.4 Å². The second kappa shape index (κ2) is 7.09. The Labute approximate surface area is 129 Å². The number of anilines is 1. The molecule has 4 nitrogen and oxygen atoms in total. The lowest BCUT2D eigenvalue weighted by atomic mass is 10.2. The fraction of sp³-hybridized carbons (Fsp3) is 0.250. The summed E-state index contributed by atoms with van der Waals surface area (Å²) >= 11 is 6.05. The molecule has 0 unspecified atom stereocenters. The predicted octanol–water partition coefficient (Wildman–Crippen LogP) is 3.70. The van der Waals surface area contributed by atoms with E-state index in [1.165, 1.54) is 0 Å². The van der Waals surface area contributed by atoms with Crippen molar-refractivity contribution in [2.45, 2.75) is 6.92 Å². The van der Waals surface area contributed by atoms with Crippen molar-refractivity contribution in [1.82, 2.24) is 0 Å². The van der Waals surface area contributed by atoms with Gasteiger partial charge in [0.1, 0.15) is 30.5 Å². The Morgan fingerprint density at radius 1 is 1.00 bits per heavy atom. The fourth-order valence-electron chi connectivity index (χ4n) is 1.81. The molecule has 2 rings (SSSR count). The molecule has 0 aliphatic heterocycles. The first-order valence-electron chi connectivity index (χ1n) is 6.55. The molecule has 2 N–H and O–H groups in total. The standard InChI is InChI=1S/C16H18ClNO3/c1-11-3-5-13(17)16(9-11)21-8-7-20-15-6-4-12(19-2)10-14(15)18/h3-6,9-10H,7-8,18H2,1-2H3. The van der Waals surface area contributed by atoms with Gasteiger partial charge in [-0.15, -0.1) is 0 Å². The van der Waals surface area contributed by atoms with E-state index in [0.717, 1.165) is 5.56 Å². The number of nitrogens with two attached hydrogens (primary N) is 1. The van der Waals surface area contributed by atoms with Crippen LogP contribution in [0.1, 0.15) is 5.56 Å². The molecule has 0 aliphatic carbocycles. The number of hydrogen-bond acceptors (Lipinski definition) is 4. The molecule has 5 heteroatoms. The summed E-state index contributed by atoms with van der Waals surface area (Å²) in [5.74, 6) is 1.96. The Balaban J connectivity index is 1.86. The molecule has 0 radical (unpaired) electrons. The molecule has 21 heavy (non-hydrogen) atoms. The highest BCUT2D eigenvalue weighted by Crippen LogP contribution is 2.27. The SMILES string of the molecule is COc1ccc(OCCOc2cc(C)ccc2Cl)c(N)c1.